The fourth-order valence-corrected chi connectivity index (χ4v) is 8.35. The van der Waals surface area contributed by atoms with E-state index in [1.807, 2.05) is 88.9 Å². The molecular weight excluding hydrogens is 825 g/mol. The van der Waals surface area contributed by atoms with Crippen LogP contribution in [-0.4, -0.2) is 137 Å². The highest BCUT2D eigenvalue weighted by Gasteiger charge is 2.22. The molecule has 11 rings (SSSR count). The zero-order valence-electron chi connectivity index (χ0n) is 38.5. The van der Waals surface area contributed by atoms with E-state index < -0.39 is 0 Å². The highest BCUT2D eigenvalue weighted by molar-refractivity contribution is 5.98. The molecule has 9 aromatic rings. The molecule has 16 heteroatoms. The van der Waals surface area contributed by atoms with Crippen molar-refractivity contribution < 1.29 is 0 Å². The fourth-order valence-electron chi connectivity index (χ4n) is 8.35. The number of piperazine rings is 2. The number of nitrogens with zero attached hydrogens (tertiary/aromatic N) is 12. The van der Waals surface area contributed by atoms with Gasteiger partial charge < -0.3 is 29.6 Å². The third kappa shape index (κ3) is 9.05. The van der Waals surface area contributed by atoms with Gasteiger partial charge in [0.1, 0.15) is 28.5 Å². The van der Waals surface area contributed by atoms with Gasteiger partial charge in [0, 0.05) is 111 Å². The summed E-state index contributed by atoms with van der Waals surface area (Å²) < 4.78 is 0. The Balaban J connectivity index is 0.000000160. The molecule has 2 aliphatic rings. The quantitative estimate of drug-likeness (QED) is 0.138. The summed E-state index contributed by atoms with van der Waals surface area (Å²) in [5, 5.41) is 19.3. The summed E-state index contributed by atoms with van der Waals surface area (Å²) in [5.41, 5.74) is 12.2. The van der Waals surface area contributed by atoms with E-state index in [-0.39, 0.29) is 0 Å². The van der Waals surface area contributed by atoms with Crippen LogP contribution in [0, 0.1) is 6.92 Å². The molecule has 11 heterocycles. The highest BCUT2D eigenvalue weighted by Crippen LogP contribution is 2.33. The number of hydrogen-bond acceptors (Lipinski definition) is 12. The monoisotopic (exact) mass is 880 g/mol. The summed E-state index contributed by atoms with van der Waals surface area (Å²) in [6.07, 6.45) is 16.5. The molecule has 336 valence electrons. The molecule has 0 aliphatic carbocycles. The van der Waals surface area contributed by atoms with Crippen molar-refractivity contribution >= 4 is 62.7 Å². The molecule has 0 radical (unpaired) electrons. The summed E-state index contributed by atoms with van der Waals surface area (Å²) >= 11 is 0. The van der Waals surface area contributed by atoms with Crippen LogP contribution in [0.5, 0.6) is 0 Å². The van der Waals surface area contributed by atoms with Gasteiger partial charge in [-0.3, -0.25) is 25.1 Å². The first-order chi connectivity index (χ1) is 32.3. The second-order valence-corrected chi connectivity index (χ2v) is 16.6. The Labute approximate surface area is 383 Å². The highest BCUT2D eigenvalue weighted by atomic mass is 15.3. The molecule has 66 heavy (non-hydrogen) atoms. The van der Waals surface area contributed by atoms with Gasteiger partial charge >= 0.3 is 0 Å². The van der Waals surface area contributed by atoms with E-state index >= 15 is 0 Å². The van der Waals surface area contributed by atoms with Crippen LogP contribution >= 0.6 is 0 Å². The summed E-state index contributed by atoms with van der Waals surface area (Å²) in [6, 6.07) is 14.4. The van der Waals surface area contributed by atoms with Crippen molar-refractivity contribution in [3.05, 3.63) is 114 Å². The van der Waals surface area contributed by atoms with Crippen molar-refractivity contribution in [1.82, 2.24) is 70.1 Å². The molecule has 0 aromatic carbocycles. The molecule has 0 saturated carbocycles. The minimum Gasteiger partial charge on any atom is -0.353 e. The maximum atomic E-state index is 4.93. The van der Waals surface area contributed by atoms with Crippen LogP contribution < -0.4 is 20.4 Å². The first-order valence-electron chi connectivity index (χ1n) is 22.5. The summed E-state index contributed by atoms with van der Waals surface area (Å²) in [7, 11) is 4.32. The summed E-state index contributed by atoms with van der Waals surface area (Å²) in [6.45, 7) is 20.4. The minimum atomic E-state index is 0.808. The number of nitrogens with one attached hydrogen (secondary N) is 4. The number of H-pyrrole nitrogens is 4. The third-order valence-electron chi connectivity index (χ3n) is 12.1. The molecule has 0 unspecified atom stereocenters. The summed E-state index contributed by atoms with van der Waals surface area (Å²) in [5.74, 6) is 2.05. The molecule has 0 atom stereocenters. The van der Waals surface area contributed by atoms with Gasteiger partial charge in [-0.1, -0.05) is 26.5 Å². The number of allylic oxidation sites excluding steroid dienone is 2. The van der Waals surface area contributed by atoms with Gasteiger partial charge in [-0.05, 0) is 87.6 Å². The van der Waals surface area contributed by atoms with Crippen LogP contribution in [0.3, 0.4) is 0 Å². The molecular formula is C50H56N16. The van der Waals surface area contributed by atoms with E-state index in [0.717, 1.165) is 158 Å². The fraction of sp³-hybridized carbons (Fsp3) is 0.280. The van der Waals surface area contributed by atoms with Crippen LogP contribution in [0.1, 0.15) is 32.0 Å². The second kappa shape index (κ2) is 19.3. The van der Waals surface area contributed by atoms with Crippen LogP contribution in [-0.2, 0) is 0 Å². The van der Waals surface area contributed by atoms with E-state index in [9.17, 15) is 0 Å². The average Bonchev–Trinajstić information content (AvgIpc) is 4.17. The van der Waals surface area contributed by atoms with E-state index in [1.54, 1.807) is 18.6 Å². The van der Waals surface area contributed by atoms with Gasteiger partial charge in [0.25, 0.3) is 0 Å². The zero-order chi connectivity index (χ0) is 45.7. The number of fused-ring (bicyclic) bond motifs is 3. The van der Waals surface area contributed by atoms with Crippen molar-refractivity contribution in [2.45, 2.75) is 27.7 Å². The van der Waals surface area contributed by atoms with E-state index in [2.05, 4.69) is 109 Å². The molecule has 0 bridgehead atoms. The van der Waals surface area contributed by atoms with Crippen LogP contribution in [0.15, 0.2) is 91.9 Å². The zero-order valence-corrected chi connectivity index (χ0v) is 38.5. The van der Waals surface area contributed by atoms with Crippen molar-refractivity contribution in [3.63, 3.8) is 0 Å². The number of hydrogen-bond donors (Lipinski definition) is 4. The van der Waals surface area contributed by atoms with Gasteiger partial charge in [-0.25, -0.2) is 15.0 Å². The van der Waals surface area contributed by atoms with Crippen molar-refractivity contribution in [1.29, 1.82) is 0 Å². The lowest BCUT2D eigenvalue weighted by Gasteiger charge is -2.33. The number of pyridine rings is 4. The SMILES string of the molecule is C=c1c(-c2cc3c(N4CCN(C)CC4)nccc3[nH]2)n[nH]/c1=C/C=C(\C)c1cnccn1.CC.Cc1cncc(-c2ccc3[nH]nc(-c4cc5c(N6CCN(C)CC6)nccc5[nH]4)c3n2)c1. The van der Waals surface area contributed by atoms with Crippen molar-refractivity contribution in [2.75, 3.05) is 76.3 Å². The number of rotatable bonds is 7. The first-order valence-corrected chi connectivity index (χ1v) is 22.5. The smallest absolute Gasteiger partial charge is 0.138 e. The molecule has 16 nitrogen and oxygen atoms in total. The molecule has 2 aliphatic heterocycles. The lowest BCUT2D eigenvalue weighted by molar-refractivity contribution is 0.312. The van der Waals surface area contributed by atoms with Gasteiger partial charge in [-0.2, -0.15) is 10.2 Å². The maximum Gasteiger partial charge on any atom is 0.138 e. The third-order valence-corrected chi connectivity index (χ3v) is 12.1. The molecule has 2 saturated heterocycles. The number of likely N-dealkylation sites (N-methyl/N-ethyl adjacent to an activating group) is 2. The number of aromatic amines is 4. The number of aromatic nitrogens is 12. The maximum absolute atomic E-state index is 4.93. The van der Waals surface area contributed by atoms with Crippen molar-refractivity contribution in [2.24, 2.45) is 0 Å². The van der Waals surface area contributed by atoms with Crippen LogP contribution in [0.2, 0.25) is 0 Å². The normalized spacial score (nSPS) is 15.3. The Morgan fingerprint density at radius 2 is 1.27 bits per heavy atom. The molecule has 4 N–H and O–H groups in total. The molecule has 0 amide bonds. The van der Waals surface area contributed by atoms with E-state index in [0.29, 0.717) is 0 Å². The van der Waals surface area contributed by atoms with E-state index in [4.69, 9.17) is 9.97 Å². The largest absolute Gasteiger partial charge is 0.353 e. The van der Waals surface area contributed by atoms with Crippen LogP contribution in [0.4, 0.5) is 11.6 Å². The van der Waals surface area contributed by atoms with Gasteiger partial charge in [0.15, 0.2) is 0 Å². The average molecular weight is 881 g/mol. The predicted octanol–water partition coefficient (Wildman–Crippen LogP) is 6.44. The lowest BCUT2D eigenvalue weighted by atomic mass is 10.1. The van der Waals surface area contributed by atoms with Gasteiger partial charge in [-0.15, -0.1) is 0 Å². The Bertz CT molecular complexity index is 3240. The topological polar surface area (TPSA) is 179 Å². The second-order valence-electron chi connectivity index (χ2n) is 16.6. The minimum absolute atomic E-state index is 0.808. The number of anilines is 2. The number of aryl methyl sites for hydroxylation is 1. The van der Waals surface area contributed by atoms with Gasteiger partial charge in [0.2, 0.25) is 0 Å². The molecule has 0 spiro atoms. The Kier molecular flexibility index (Phi) is 12.8. The predicted molar refractivity (Wildman–Crippen MR) is 266 cm³/mol. The Morgan fingerprint density at radius 1 is 0.652 bits per heavy atom. The van der Waals surface area contributed by atoms with E-state index in [1.165, 1.54) is 0 Å². The standard InChI is InChI=1S/C24H24N8.C24H26N8.C2H6/c1-15-11-16(14-25-13-15)18-3-4-20-22(28-18)23(30-29-20)21-12-17-19(27-21)5-6-26-24(17)32-9-7-31(2)8-10-32;1-16(22-15-25-8-9-26-22)4-5-19-17(2)23(30-29-19)21-14-18-20(28-21)6-7-27-24(18)32-12-10-31(3)11-13-32;1-2/h3-6,11-14,27H,7-10H2,1-2H3,(H,29,30);4-9,14-15,28-29H,2,10-13H2,1,3H3;1-2H3/b;16-4+,19-5+;. The van der Waals surface area contributed by atoms with Crippen LogP contribution in [0.25, 0.3) is 85.1 Å². The van der Waals surface area contributed by atoms with Gasteiger partial charge in [0.05, 0.1) is 50.9 Å². The Hall–Kier alpha value is -7.56. The lowest BCUT2D eigenvalue weighted by Crippen LogP contribution is -2.44. The Morgan fingerprint density at radius 3 is 1.88 bits per heavy atom. The molecule has 2 fully saturated rings. The first kappa shape index (κ1) is 43.7. The summed E-state index contributed by atoms with van der Waals surface area (Å²) in [4.78, 5) is 43.5. The molecule has 9 aromatic heterocycles. The van der Waals surface area contributed by atoms with Crippen molar-refractivity contribution in [3.8, 4) is 34.0 Å².